The highest BCUT2D eigenvalue weighted by Crippen LogP contribution is 2.01. The van der Waals surface area contributed by atoms with Crippen molar-refractivity contribution in [3.63, 3.8) is 0 Å². The van der Waals surface area contributed by atoms with Gasteiger partial charge < -0.3 is 0 Å². The van der Waals surface area contributed by atoms with E-state index in [0.717, 1.165) is 14.0 Å². The van der Waals surface area contributed by atoms with Gasteiger partial charge in [0.05, 0.1) is 23.3 Å². The van der Waals surface area contributed by atoms with E-state index in [2.05, 4.69) is 56.7 Å². The SMILES string of the molecule is C.C/C=C\n1nnn(-c2ccccc2)c1=O.C/C=C\n1nnn(-c2ccccn2)c1=O.C/C=C\n1nnn(-c2cccnc2)c1=O.C/C=C\n1nnn(-c2ccncc2)c1=O.CC.CC.CC.CC. The fraction of sp³-hybridized carbons (Fsp3) is 0.283. The molecule has 23 heteroatoms. The Kier molecular flexibility index (Phi) is 30.8. The van der Waals surface area contributed by atoms with Gasteiger partial charge in [-0.2, -0.15) is 32.8 Å². The van der Waals surface area contributed by atoms with Gasteiger partial charge in [-0.25, -0.2) is 24.2 Å². The monoisotopic (exact) mass is 948 g/mol. The van der Waals surface area contributed by atoms with Crippen LogP contribution < -0.4 is 22.8 Å². The topological polar surface area (TPSA) is 250 Å². The summed E-state index contributed by atoms with van der Waals surface area (Å²) in [7, 11) is 0. The molecule has 0 fully saturated rings. The highest BCUT2D eigenvalue weighted by molar-refractivity contribution is 5.30. The highest BCUT2D eigenvalue weighted by atomic mass is 16.2. The molecule has 0 aliphatic carbocycles. The van der Waals surface area contributed by atoms with E-state index in [0.29, 0.717) is 22.9 Å². The Labute approximate surface area is 401 Å². The molecule has 0 spiro atoms. The van der Waals surface area contributed by atoms with Crippen molar-refractivity contribution in [3.8, 4) is 22.9 Å². The maximum absolute atomic E-state index is 11.7. The zero-order valence-electron chi connectivity index (χ0n) is 40.6. The van der Waals surface area contributed by atoms with Crippen molar-refractivity contribution < 1.29 is 0 Å². The summed E-state index contributed by atoms with van der Waals surface area (Å²) >= 11 is 0. The molecule has 0 aliphatic heterocycles. The Bertz CT molecular complexity index is 2500. The first-order chi connectivity index (χ1) is 33.3. The molecule has 1 aromatic carbocycles. The first kappa shape index (κ1) is 60.1. The van der Waals surface area contributed by atoms with Crippen LogP contribution in [0.4, 0.5) is 0 Å². The largest absolute Gasteiger partial charge is 0.374 e. The number of hydrogen-bond donors (Lipinski definition) is 0. The van der Waals surface area contributed by atoms with Crippen molar-refractivity contribution in [1.29, 1.82) is 0 Å². The number of benzene rings is 1. The molecular formula is C46H65N19O4. The number of allylic oxidation sites excluding steroid dienone is 4. The molecule has 23 nitrogen and oxygen atoms in total. The second kappa shape index (κ2) is 35.4. The summed E-state index contributed by atoms with van der Waals surface area (Å²) < 4.78 is 9.45. The van der Waals surface area contributed by atoms with Crippen LogP contribution in [0.2, 0.25) is 0 Å². The number of hydrogen-bond acceptors (Lipinski definition) is 15. The van der Waals surface area contributed by atoms with E-state index < -0.39 is 0 Å². The molecule has 8 rings (SSSR count). The van der Waals surface area contributed by atoms with Crippen molar-refractivity contribution in [1.82, 2.24) is 94.1 Å². The fourth-order valence-electron chi connectivity index (χ4n) is 4.61. The minimum atomic E-state index is -0.341. The summed E-state index contributed by atoms with van der Waals surface area (Å²) in [5.74, 6) is 0.457. The van der Waals surface area contributed by atoms with Crippen LogP contribution in [0.15, 0.2) is 147 Å². The van der Waals surface area contributed by atoms with Gasteiger partial charge in [-0.1, -0.05) is 111 Å². The lowest BCUT2D eigenvalue weighted by molar-refractivity contribution is 0.753. The molecular weight excluding hydrogens is 883 g/mol. The van der Waals surface area contributed by atoms with Crippen LogP contribution in [0.25, 0.3) is 47.7 Å². The second-order valence-electron chi connectivity index (χ2n) is 11.3. The quantitative estimate of drug-likeness (QED) is 0.156. The summed E-state index contributed by atoms with van der Waals surface area (Å²) in [6.07, 6.45) is 21.0. The van der Waals surface area contributed by atoms with Crippen LogP contribution in [-0.4, -0.2) is 94.1 Å². The van der Waals surface area contributed by atoms with Gasteiger partial charge in [0, 0.05) is 49.6 Å². The van der Waals surface area contributed by atoms with E-state index in [1.54, 1.807) is 149 Å². The average Bonchev–Trinajstić information content (AvgIpc) is 4.18. The minimum absolute atomic E-state index is 0. The van der Waals surface area contributed by atoms with E-state index in [1.165, 1.54) is 29.6 Å². The molecule has 0 aliphatic rings. The van der Waals surface area contributed by atoms with Gasteiger partial charge >= 0.3 is 22.8 Å². The summed E-state index contributed by atoms with van der Waals surface area (Å²) in [6, 6.07) is 21.3. The van der Waals surface area contributed by atoms with Crippen molar-refractivity contribution in [2.45, 2.75) is 90.5 Å². The molecule has 0 atom stereocenters. The molecule has 0 unspecified atom stereocenters. The molecule has 0 saturated heterocycles. The van der Waals surface area contributed by atoms with Crippen LogP contribution in [0.5, 0.6) is 0 Å². The average molecular weight is 948 g/mol. The van der Waals surface area contributed by atoms with Gasteiger partial charge in [-0.15, -0.1) is 4.68 Å². The van der Waals surface area contributed by atoms with Gasteiger partial charge in [-0.05, 0) is 118 Å². The summed E-state index contributed by atoms with van der Waals surface area (Å²) in [4.78, 5) is 58.5. The van der Waals surface area contributed by atoms with Crippen LogP contribution in [-0.2, 0) is 0 Å². The van der Waals surface area contributed by atoms with E-state index in [4.69, 9.17) is 0 Å². The molecule has 0 bridgehead atoms. The second-order valence-corrected chi connectivity index (χ2v) is 11.3. The lowest BCUT2D eigenvalue weighted by atomic mass is 10.3. The maximum Gasteiger partial charge on any atom is 0.374 e. The summed E-state index contributed by atoms with van der Waals surface area (Å²) in [6.45, 7) is 23.2. The number of pyridine rings is 3. The van der Waals surface area contributed by atoms with E-state index in [9.17, 15) is 19.2 Å². The maximum atomic E-state index is 11.7. The minimum Gasteiger partial charge on any atom is -0.265 e. The van der Waals surface area contributed by atoms with Gasteiger partial charge in [0.15, 0.2) is 5.82 Å². The van der Waals surface area contributed by atoms with Crippen molar-refractivity contribution in [2.24, 2.45) is 0 Å². The fourth-order valence-corrected chi connectivity index (χ4v) is 4.61. The molecule has 0 N–H and O–H groups in total. The van der Waals surface area contributed by atoms with Gasteiger partial charge in [-0.3, -0.25) is 9.97 Å². The van der Waals surface area contributed by atoms with E-state index in [-0.39, 0.29) is 30.2 Å². The number of para-hydroxylation sites is 1. The molecule has 8 aromatic rings. The lowest BCUT2D eigenvalue weighted by Gasteiger charge is -1.94. The Morgan fingerprint density at radius 2 is 0.725 bits per heavy atom. The van der Waals surface area contributed by atoms with Crippen LogP contribution in [0, 0.1) is 0 Å². The molecule has 0 amide bonds. The third-order valence-electron chi connectivity index (χ3n) is 7.24. The third kappa shape index (κ3) is 18.1. The van der Waals surface area contributed by atoms with Gasteiger partial charge in [0.25, 0.3) is 0 Å². The van der Waals surface area contributed by atoms with Gasteiger partial charge in [0.1, 0.15) is 0 Å². The van der Waals surface area contributed by atoms with Crippen LogP contribution in [0.3, 0.4) is 0 Å². The smallest absolute Gasteiger partial charge is 0.265 e. The summed E-state index contributed by atoms with van der Waals surface area (Å²) in [5, 5.41) is 29.7. The Balaban J connectivity index is 0.000000847. The number of tetrazole rings is 4. The molecule has 7 heterocycles. The zero-order valence-corrected chi connectivity index (χ0v) is 40.6. The standard InChI is InChI=1S/C10H10N4O.3C9H9N5O.4C2H6.CH4/c1-2-8-13-10(15)14(12-11-13)9-6-4-3-5-7-9;1-2-7-13-9(15)14(12-11-13)8-3-5-10-6-4-8;1-2-7-13-9(15)14(12-11-13)8-5-3-4-6-10-8;1-2-6-13-9(15)14(12-11-13)8-4-3-5-10-7-8;4*1-2;/h2-8H,1H3;3*2-7H,1H3;4*1-2H3;1H4/b8-2-;2*7-2-;6-2-;;;;;. The Hall–Kier alpha value is -8.89. The number of aromatic nitrogens is 19. The molecule has 0 saturated carbocycles. The first-order valence-corrected chi connectivity index (χ1v) is 21.8. The van der Waals surface area contributed by atoms with Crippen LogP contribution >= 0.6 is 0 Å². The van der Waals surface area contributed by atoms with Crippen molar-refractivity contribution in [3.05, 3.63) is 170 Å². The highest BCUT2D eigenvalue weighted by Gasteiger charge is 2.09. The number of nitrogens with zero attached hydrogens (tertiary/aromatic N) is 19. The van der Waals surface area contributed by atoms with Crippen LogP contribution in [0.1, 0.15) is 90.5 Å². The van der Waals surface area contributed by atoms with E-state index in [1.807, 2.05) is 80.5 Å². The molecule has 368 valence electrons. The Morgan fingerprint density at radius 1 is 0.362 bits per heavy atom. The molecule has 7 aromatic heterocycles. The summed E-state index contributed by atoms with van der Waals surface area (Å²) in [5.41, 5.74) is 0.703. The number of rotatable bonds is 8. The molecule has 0 radical (unpaired) electrons. The normalized spacial score (nSPS) is 9.91. The van der Waals surface area contributed by atoms with Gasteiger partial charge in [0.2, 0.25) is 0 Å². The molecule has 69 heavy (non-hydrogen) atoms. The lowest BCUT2D eigenvalue weighted by Crippen LogP contribution is -2.21. The van der Waals surface area contributed by atoms with E-state index >= 15 is 0 Å². The van der Waals surface area contributed by atoms with Crippen molar-refractivity contribution >= 4 is 24.8 Å². The third-order valence-corrected chi connectivity index (χ3v) is 7.24. The predicted molar refractivity (Wildman–Crippen MR) is 272 cm³/mol. The predicted octanol–water partition coefficient (Wildman–Crippen LogP) is 6.60. The van der Waals surface area contributed by atoms with Crippen molar-refractivity contribution in [2.75, 3.05) is 0 Å². The Morgan fingerprint density at radius 3 is 1.10 bits per heavy atom. The zero-order chi connectivity index (χ0) is 50.7. The first-order valence-electron chi connectivity index (χ1n) is 21.8.